The van der Waals surface area contributed by atoms with Crippen LogP contribution in [0.4, 0.5) is 14.9 Å². The monoisotopic (exact) mass is 403 g/mol. The largest absolute Gasteiger partial charge is 0.333 e. The van der Waals surface area contributed by atoms with E-state index < -0.39 is 0 Å². The summed E-state index contributed by atoms with van der Waals surface area (Å²) in [5.41, 5.74) is 2.56. The van der Waals surface area contributed by atoms with Crippen molar-refractivity contribution >= 4 is 17.6 Å². The van der Waals surface area contributed by atoms with Crippen LogP contribution >= 0.6 is 0 Å². The molecule has 30 heavy (non-hydrogen) atoms. The van der Waals surface area contributed by atoms with Gasteiger partial charge in [0.05, 0.1) is 12.1 Å². The van der Waals surface area contributed by atoms with Crippen molar-refractivity contribution in [1.29, 1.82) is 0 Å². The van der Waals surface area contributed by atoms with Crippen molar-refractivity contribution in [3.63, 3.8) is 0 Å². The van der Waals surface area contributed by atoms with Crippen molar-refractivity contribution in [2.45, 2.75) is 18.5 Å². The van der Waals surface area contributed by atoms with E-state index in [-0.39, 0.29) is 36.3 Å². The van der Waals surface area contributed by atoms with E-state index in [1.54, 1.807) is 17.0 Å². The Morgan fingerprint density at radius 1 is 0.900 bits per heavy atom. The van der Waals surface area contributed by atoms with Crippen LogP contribution in [0, 0.1) is 5.82 Å². The number of nitrogens with zero attached hydrogens (tertiary/aromatic N) is 1. The standard InChI is InChI=1S/C24H22FN3O2/c25-19-11-13-21(14-12-19)28-16-20(15-22(28)29)26-24(30)27-23(17-7-3-1-4-8-17)18-9-5-2-6-10-18/h1-14,20,23H,15-16H2,(H2,26,27,30). The van der Waals surface area contributed by atoms with Gasteiger partial charge in [-0.3, -0.25) is 4.79 Å². The number of nitrogens with one attached hydrogen (secondary N) is 2. The second-order valence-electron chi connectivity index (χ2n) is 7.25. The zero-order valence-corrected chi connectivity index (χ0v) is 16.3. The lowest BCUT2D eigenvalue weighted by molar-refractivity contribution is -0.117. The molecule has 0 saturated carbocycles. The average molecular weight is 403 g/mol. The van der Waals surface area contributed by atoms with E-state index in [4.69, 9.17) is 0 Å². The van der Waals surface area contributed by atoms with Crippen LogP contribution in [-0.2, 0) is 4.79 Å². The summed E-state index contributed by atoms with van der Waals surface area (Å²) in [6.45, 7) is 0.346. The Balaban J connectivity index is 1.44. The highest BCUT2D eigenvalue weighted by Gasteiger charge is 2.32. The molecule has 4 rings (SSSR count). The Morgan fingerprint density at radius 2 is 1.47 bits per heavy atom. The van der Waals surface area contributed by atoms with E-state index in [9.17, 15) is 14.0 Å². The number of hydrogen-bond donors (Lipinski definition) is 2. The Labute approximate surface area is 174 Å². The van der Waals surface area contributed by atoms with Gasteiger partial charge in [-0.15, -0.1) is 0 Å². The van der Waals surface area contributed by atoms with E-state index in [0.717, 1.165) is 11.1 Å². The minimum absolute atomic E-state index is 0.102. The Kier molecular flexibility index (Phi) is 5.75. The summed E-state index contributed by atoms with van der Waals surface area (Å²) in [4.78, 5) is 26.7. The number of halogens is 1. The lowest BCUT2D eigenvalue weighted by Gasteiger charge is -2.22. The summed E-state index contributed by atoms with van der Waals surface area (Å²) in [7, 11) is 0. The smallest absolute Gasteiger partial charge is 0.315 e. The summed E-state index contributed by atoms with van der Waals surface area (Å²) in [5.74, 6) is -0.457. The first kappa shape index (κ1) is 19.6. The Morgan fingerprint density at radius 3 is 2.03 bits per heavy atom. The quantitative estimate of drug-likeness (QED) is 0.676. The van der Waals surface area contributed by atoms with Crippen LogP contribution in [0.15, 0.2) is 84.9 Å². The first-order chi connectivity index (χ1) is 14.6. The number of anilines is 1. The molecular weight excluding hydrogens is 381 g/mol. The highest BCUT2D eigenvalue weighted by Crippen LogP contribution is 2.23. The molecule has 0 bridgehead atoms. The molecule has 1 aliphatic heterocycles. The summed E-state index contributed by atoms with van der Waals surface area (Å²) in [5, 5.41) is 5.93. The fraction of sp³-hybridized carbons (Fsp3) is 0.167. The number of hydrogen-bond acceptors (Lipinski definition) is 2. The van der Waals surface area contributed by atoms with Crippen LogP contribution < -0.4 is 15.5 Å². The summed E-state index contributed by atoms with van der Waals surface area (Å²) in [6.07, 6.45) is 0.201. The molecular formula is C24H22FN3O2. The molecule has 1 fully saturated rings. The van der Waals surface area contributed by atoms with Gasteiger partial charge in [0.25, 0.3) is 0 Å². The van der Waals surface area contributed by atoms with Crippen molar-refractivity contribution in [3.8, 4) is 0 Å². The molecule has 3 amide bonds. The summed E-state index contributed by atoms with van der Waals surface area (Å²) in [6, 6.07) is 24.2. The molecule has 1 heterocycles. The fourth-order valence-corrected chi connectivity index (χ4v) is 3.68. The maximum absolute atomic E-state index is 13.2. The predicted octanol–water partition coefficient (Wildman–Crippen LogP) is 4.02. The maximum Gasteiger partial charge on any atom is 0.315 e. The van der Waals surface area contributed by atoms with Gasteiger partial charge in [0, 0.05) is 18.7 Å². The zero-order valence-electron chi connectivity index (χ0n) is 16.3. The van der Waals surface area contributed by atoms with Gasteiger partial charge in [0.1, 0.15) is 5.82 Å². The highest BCUT2D eigenvalue weighted by atomic mass is 19.1. The van der Waals surface area contributed by atoms with Gasteiger partial charge in [-0.25, -0.2) is 9.18 Å². The van der Waals surface area contributed by atoms with Crippen LogP contribution in [0.2, 0.25) is 0 Å². The number of carbonyl (C=O) groups is 2. The lowest BCUT2D eigenvalue weighted by atomic mass is 9.99. The van der Waals surface area contributed by atoms with Crippen molar-refractivity contribution in [2.75, 3.05) is 11.4 Å². The molecule has 0 radical (unpaired) electrons. The third-order valence-corrected chi connectivity index (χ3v) is 5.14. The van der Waals surface area contributed by atoms with Gasteiger partial charge < -0.3 is 15.5 Å². The molecule has 1 unspecified atom stereocenters. The van der Waals surface area contributed by atoms with Crippen LogP contribution in [-0.4, -0.2) is 24.5 Å². The van der Waals surface area contributed by atoms with Crippen molar-refractivity contribution in [2.24, 2.45) is 0 Å². The van der Waals surface area contributed by atoms with E-state index >= 15 is 0 Å². The van der Waals surface area contributed by atoms with Crippen molar-refractivity contribution in [1.82, 2.24) is 10.6 Å². The number of amides is 3. The number of urea groups is 1. The molecule has 1 atom stereocenters. The minimum Gasteiger partial charge on any atom is -0.333 e. The van der Waals surface area contributed by atoms with Crippen LogP contribution in [0.3, 0.4) is 0 Å². The van der Waals surface area contributed by atoms with Gasteiger partial charge >= 0.3 is 6.03 Å². The highest BCUT2D eigenvalue weighted by molar-refractivity contribution is 5.96. The number of benzene rings is 3. The lowest BCUT2D eigenvalue weighted by Crippen LogP contribution is -2.44. The fourth-order valence-electron chi connectivity index (χ4n) is 3.68. The summed E-state index contributed by atoms with van der Waals surface area (Å²) < 4.78 is 13.2. The second kappa shape index (κ2) is 8.78. The molecule has 0 spiro atoms. The topological polar surface area (TPSA) is 61.4 Å². The Hall–Kier alpha value is -3.67. The molecule has 6 heteroatoms. The molecule has 2 N–H and O–H groups in total. The van der Waals surface area contributed by atoms with Crippen LogP contribution in [0.1, 0.15) is 23.6 Å². The van der Waals surface area contributed by atoms with E-state index in [1.165, 1.54) is 12.1 Å². The van der Waals surface area contributed by atoms with Crippen molar-refractivity contribution in [3.05, 3.63) is 102 Å². The molecule has 152 valence electrons. The first-order valence-corrected chi connectivity index (χ1v) is 9.83. The average Bonchev–Trinajstić information content (AvgIpc) is 3.13. The summed E-state index contributed by atoms with van der Waals surface area (Å²) >= 11 is 0. The normalized spacial score (nSPS) is 16.0. The molecule has 5 nitrogen and oxygen atoms in total. The molecule has 3 aromatic rings. The van der Waals surface area contributed by atoms with E-state index in [0.29, 0.717) is 12.2 Å². The zero-order chi connectivity index (χ0) is 20.9. The van der Waals surface area contributed by atoms with Gasteiger partial charge in [-0.1, -0.05) is 60.7 Å². The Bertz CT molecular complexity index is 970. The van der Waals surface area contributed by atoms with E-state index in [1.807, 2.05) is 60.7 Å². The van der Waals surface area contributed by atoms with Crippen molar-refractivity contribution < 1.29 is 14.0 Å². The minimum atomic E-state index is -0.354. The maximum atomic E-state index is 13.2. The number of carbonyl (C=O) groups excluding carboxylic acids is 2. The number of rotatable bonds is 5. The molecule has 0 aromatic heterocycles. The molecule has 3 aromatic carbocycles. The second-order valence-corrected chi connectivity index (χ2v) is 7.25. The molecule has 1 aliphatic rings. The first-order valence-electron chi connectivity index (χ1n) is 9.83. The van der Waals surface area contributed by atoms with Gasteiger partial charge in [-0.05, 0) is 35.4 Å². The third kappa shape index (κ3) is 4.49. The van der Waals surface area contributed by atoms with Gasteiger partial charge in [0.2, 0.25) is 5.91 Å². The molecule has 1 saturated heterocycles. The predicted molar refractivity (Wildman–Crippen MR) is 114 cm³/mol. The third-order valence-electron chi connectivity index (χ3n) is 5.14. The molecule has 0 aliphatic carbocycles. The van der Waals surface area contributed by atoms with Crippen LogP contribution in [0.25, 0.3) is 0 Å². The van der Waals surface area contributed by atoms with Gasteiger partial charge in [-0.2, -0.15) is 0 Å². The van der Waals surface area contributed by atoms with Crippen LogP contribution in [0.5, 0.6) is 0 Å². The van der Waals surface area contributed by atoms with E-state index in [2.05, 4.69) is 10.6 Å². The SMILES string of the molecule is O=C(NC1CC(=O)N(c2ccc(F)cc2)C1)NC(c1ccccc1)c1ccccc1. The van der Waals surface area contributed by atoms with Gasteiger partial charge in [0.15, 0.2) is 0 Å².